The largest absolute Gasteiger partial charge is 0.377 e. The van der Waals surface area contributed by atoms with Crippen LogP contribution in [0.2, 0.25) is 5.02 Å². The van der Waals surface area contributed by atoms with Crippen molar-refractivity contribution in [2.75, 3.05) is 5.32 Å². The van der Waals surface area contributed by atoms with Crippen molar-refractivity contribution < 1.29 is 4.39 Å². The fraction of sp³-hybridized carbons (Fsp3) is 0.0833. The number of nitrogens with zero attached hydrogens (tertiary/aromatic N) is 1. The SMILES string of the molecule is N#Cc1csc(CNc2c(F)cccc2Cl)c1. The molecule has 0 aliphatic carbocycles. The zero-order valence-corrected chi connectivity index (χ0v) is 10.3. The Morgan fingerprint density at radius 3 is 2.94 bits per heavy atom. The first-order chi connectivity index (χ1) is 8.20. The minimum atomic E-state index is -0.380. The van der Waals surface area contributed by atoms with Gasteiger partial charge in [-0.25, -0.2) is 4.39 Å². The summed E-state index contributed by atoms with van der Waals surface area (Å²) >= 11 is 7.33. The molecule has 0 saturated heterocycles. The molecule has 0 fully saturated rings. The van der Waals surface area contributed by atoms with E-state index in [0.29, 0.717) is 22.8 Å². The second-order valence-electron chi connectivity index (χ2n) is 3.36. The zero-order valence-electron chi connectivity index (χ0n) is 8.71. The molecule has 0 bridgehead atoms. The van der Waals surface area contributed by atoms with Crippen LogP contribution in [0.3, 0.4) is 0 Å². The fourth-order valence-corrected chi connectivity index (χ4v) is 2.35. The molecule has 2 rings (SSSR count). The van der Waals surface area contributed by atoms with Gasteiger partial charge in [0.25, 0.3) is 0 Å². The summed E-state index contributed by atoms with van der Waals surface area (Å²) in [6.07, 6.45) is 0. The Labute approximate surface area is 107 Å². The van der Waals surface area contributed by atoms with E-state index in [9.17, 15) is 4.39 Å². The molecule has 1 aromatic heterocycles. The van der Waals surface area contributed by atoms with Gasteiger partial charge in [-0.15, -0.1) is 11.3 Å². The lowest BCUT2D eigenvalue weighted by Crippen LogP contribution is -2.00. The van der Waals surface area contributed by atoms with Crippen molar-refractivity contribution in [3.05, 3.63) is 50.9 Å². The van der Waals surface area contributed by atoms with Crippen molar-refractivity contribution >= 4 is 28.6 Å². The average Bonchev–Trinajstić information content (AvgIpc) is 2.76. The molecule has 2 aromatic rings. The molecule has 1 N–H and O–H groups in total. The molecule has 0 unspecified atom stereocenters. The predicted molar refractivity (Wildman–Crippen MR) is 67.8 cm³/mol. The van der Waals surface area contributed by atoms with E-state index in [2.05, 4.69) is 11.4 Å². The average molecular weight is 267 g/mol. The summed E-state index contributed by atoms with van der Waals surface area (Å²) in [5, 5.41) is 13.7. The monoisotopic (exact) mass is 266 g/mol. The van der Waals surface area contributed by atoms with Crippen LogP contribution >= 0.6 is 22.9 Å². The van der Waals surface area contributed by atoms with E-state index in [0.717, 1.165) is 4.88 Å². The molecule has 0 atom stereocenters. The quantitative estimate of drug-likeness (QED) is 0.911. The third-order valence-corrected chi connectivity index (χ3v) is 3.44. The van der Waals surface area contributed by atoms with Crippen LogP contribution in [0, 0.1) is 17.1 Å². The van der Waals surface area contributed by atoms with Crippen LogP contribution in [-0.2, 0) is 6.54 Å². The highest BCUT2D eigenvalue weighted by Gasteiger charge is 2.06. The molecule has 0 saturated carbocycles. The summed E-state index contributed by atoms with van der Waals surface area (Å²) in [4.78, 5) is 0.959. The molecule has 86 valence electrons. The molecule has 0 radical (unpaired) electrons. The maximum atomic E-state index is 13.4. The van der Waals surface area contributed by atoms with E-state index in [-0.39, 0.29) is 5.82 Å². The third kappa shape index (κ3) is 2.76. The molecule has 17 heavy (non-hydrogen) atoms. The summed E-state index contributed by atoms with van der Waals surface area (Å²) in [5.41, 5.74) is 0.910. The molecule has 1 aromatic carbocycles. The van der Waals surface area contributed by atoms with Gasteiger partial charge in [-0.1, -0.05) is 17.7 Å². The minimum absolute atomic E-state index is 0.293. The topological polar surface area (TPSA) is 35.8 Å². The Balaban J connectivity index is 2.10. The van der Waals surface area contributed by atoms with Gasteiger partial charge in [0.2, 0.25) is 0 Å². The van der Waals surface area contributed by atoms with Crippen LogP contribution in [-0.4, -0.2) is 0 Å². The number of nitrogens with one attached hydrogen (secondary N) is 1. The van der Waals surface area contributed by atoms with Gasteiger partial charge in [0.1, 0.15) is 11.9 Å². The molecular weight excluding hydrogens is 259 g/mol. The lowest BCUT2D eigenvalue weighted by Gasteiger charge is -2.07. The molecule has 0 amide bonds. The Morgan fingerprint density at radius 2 is 2.29 bits per heavy atom. The second-order valence-corrected chi connectivity index (χ2v) is 4.77. The Kier molecular flexibility index (Phi) is 3.62. The number of benzene rings is 1. The zero-order chi connectivity index (χ0) is 12.3. The second kappa shape index (κ2) is 5.17. The fourth-order valence-electron chi connectivity index (χ4n) is 1.37. The summed E-state index contributed by atoms with van der Waals surface area (Å²) in [7, 11) is 0. The highest BCUT2D eigenvalue weighted by Crippen LogP contribution is 2.25. The van der Waals surface area contributed by atoms with E-state index < -0.39 is 0 Å². The number of anilines is 1. The number of hydrogen-bond donors (Lipinski definition) is 1. The van der Waals surface area contributed by atoms with Crippen LogP contribution < -0.4 is 5.32 Å². The molecule has 0 spiro atoms. The molecule has 1 heterocycles. The van der Waals surface area contributed by atoms with Gasteiger partial charge in [-0.2, -0.15) is 5.26 Å². The van der Waals surface area contributed by atoms with Crippen molar-refractivity contribution in [3.63, 3.8) is 0 Å². The van der Waals surface area contributed by atoms with Crippen molar-refractivity contribution in [2.45, 2.75) is 6.54 Å². The number of halogens is 2. The van der Waals surface area contributed by atoms with E-state index in [4.69, 9.17) is 16.9 Å². The number of thiophene rings is 1. The smallest absolute Gasteiger partial charge is 0.147 e. The molecule has 0 aliphatic heterocycles. The van der Waals surface area contributed by atoms with Crippen molar-refractivity contribution in [2.24, 2.45) is 0 Å². The van der Waals surface area contributed by atoms with Crippen molar-refractivity contribution in [1.29, 1.82) is 5.26 Å². The third-order valence-electron chi connectivity index (χ3n) is 2.19. The molecule has 5 heteroatoms. The van der Waals surface area contributed by atoms with Gasteiger partial charge in [-0.05, 0) is 18.2 Å². The number of para-hydroxylation sites is 1. The maximum Gasteiger partial charge on any atom is 0.147 e. The lowest BCUT2D eigenvalue weighted by atomic mass is 10.3. The van der Waals surface area contributed by atoms with Gasteiger partial charge in [0.15, 0.2) is 0 Å². The van der Waals surface area contributed by atoms with E-state index in [1.165, 1.54) is 17.4 Å². The van der Waals surface area contributed by atoms with Gasteiger partial charge in [0.05, 0.1) is 16.3 Å². The summed E-state index contributed by atoms with van der Waals surface area (Å²) < 4.78 is 13.4. The first kappa shape index (κ1) is 11.9. The van der Waals surface area contributed by atoms with Gasteiger partial charge >= 0.3 is 0 Å². The lowest BCUT2D eigenvalue weighted by molar-refractivity contribution is 0.630. The number of rotatable bonds is 3. The van der Waals surface area contributed by atoms with Crippen LogP contribution in [0.15, 0.2) is 29.6 Å². The van der Waals surface area contributed by atoms with Crippen LogP contribution in [0.4, 0.5) is 10.1 Å². The Morgan fingerprint density at radius 1 is 1.47 bits per heavy atom. The van der Waals surface area contributed by atoms with Crippen molar-refractivity contribution in [1.82, 2.24) is 0 Å². The standard InChI is InChI=1S/C12H8ClFN2S/c13-10-2-1-3-11(14)12(10)16-6-9-4-8(5-15)7-17-9/h1-4,7,16H,6H2. The van der Waals surface area contributed by atoms with Crippen molar-refractivity contribution in [3.8, 4) is 6.07 Å². The van der Waals surface area contributed by atoms with Gasteiger partial charge < -0.3 is 5.32 Å². The highest BCUT2D eigenvalue weighted by molar-refractivity contribution is 7.10. The first-order valence-corrected chi connectivity index (χ1v) is 6.12. The van der Waals surface area contributed by atoms with E-state index in [1.807, 2.05) is 0 Å². The Bertz CT molecular complexity index is 554. The Hall–Kier alpha value is -1.57. The first-order valence-electron chi connectivity index (χ1n) is 4.86. The normalized spacial score (nSPS) is 9.94. The van der Waals surface area contributed by atoms with E-state index in [1.54, 1.807) is 23.6 Å². The number of nitriles is 1. The summed E-state index contributed by atoms with van der Waals surface area (Å²) in [6, 6.07) is 8.36. The molecule has 0 aliphatic rings. The molecule has 2 nitrogen and oxygen atoms in total. The van der Waals surface area contributed by atoms with Crippen LogP contribution in [0.5, 0.6) is 0 Å². The van der Waals surface area contributed by atoms with Crippen LogP contribution in [0.25, 0.3) is 0 Å². The van der Waals surface area contributed by atoms with Gasteiger partial charge in [0, 0.05) is 16.8 Å². The predicted octanol–water partition coefficient (Wildman–Crippen LogP) is 4.02. The highest BCUT2D eigenvalue weighted by atomic mass is 35.5. The maximum absolute atomic E-state index is 13.4. The summed E-state index contributed by atoms with van der Waals surface area (Å²) in [5.74, 6) is -0.380. The minimum Gasteiger partial charge on any atom is -0.377 e. The number of hydrogen-bond acceptors (Lipinski definition) is 3. The van der Waals surface area contributed by atoms with Crippen LogP contribution in [0.1, 0.15) is 10.4 Å². The summed E-state index contributed by atoms with van der Waals surface area (Å²) in [6.45, 7) is 0.451. The molecular formula is C12H8ClFN2S. The van der Waals surface area contributed by atoms with E-state index >= 15 is 0 Å². The van der Waals surface area contributed by atoms with Gasteiger partial charge in [-0.3, -0.25) is 0 Å².